The number of likely N-dealkylation sites (N-methyl/N-ethyl adjacent to an activating group) is 1. The zero-order chi connectivity index (χ0) is 13.9. The van der Waals surface area contributed by atoms with Crippen molar-refractivity contribution in [2.45, 2.75) is 25.1 Å². The molecule has 1 fully saturated rings. The van der Waals surface area contributed by atoms with Crippen LogP contribution >= 0.6 is 0 Å². The predicted molar refractivity (Wildman–Crippen MR) is 55.8 cm³/mol. The summed E-state index contributed by atoms with van der Waals surface area (Å²) in [6.45, 7) is -0.979. The lowest BCUT2D eigenvalue weighted by Gasteiger charge is -2.22. The summed E-state index contributed by atoms with van der Waals surface area (Å²) in [7, 11) is 1.29. The van der Waals surface area contributed by atoms with E-state index >= 15 is 0 Å². The summed E-state index contributed by atoms with van der Waals surface area (Å²) in [6, 6.07) is 0.129. The highest BCUT2D eigenvalue weighted by molar-refractivity contribution is 5.78. The van der Waals surface area contributed by atoms with E-state index in [1.165, 1.54) is 7.05 Å². The largest absolute Gasteiger partial charge is 0.481 e. The Balaban J connectivity index is 2.42. The van der Waals surface area contributed by atoms with Crippen LogP contribution in [0.4, 0.5) is 13.2 Å². The molecular weight excluding hydrogens is 253 g/mol. The molecular formula is C10H15F3N2O3. The molecule has 8 heteroatoms. The molecule has 5 nitrogen and oxygen atoms in total. The van der Waals surface area contributed by atoms with Gasteiger partial charge in [-0.05, 0) is 19.9 Å². The van der Waals surface area contributed by atoms with E-state index in [1.54, 1.807) is 0 Å². The molecule has 104 valence electrons. The summed E-state index contributed by atoms with van der Waals surface area (Å²) in [5, 5.41) is 11.1. The van der Waals surface area contributed by atoms with Gasteiger partial charge in [0.2, 0.25) is 5.91 Å². The highest BCUT2D eigenvalue weighted by atomic mass is 19.4. The quantitative estimate of drug-likeness (QED) is 0.734. The lowest BCUT2D eigenvalue weighted by atomic mass is 10.1. The average molecular weight is 268 g/mol. The van der Waals surface area contributed by atoms with Crippen LogP contribution in [0.1, 0.15) is 12.8 Å². The second kappa shape index (κ2) is 5.55. The van der Waals surface area contributed by atoms with Crippen molar-refractivity contribution >= 4 is 11.9 Å². The van der Waals surface area contributed by atoms with Crippen molar-refractivity contribution in [3.8, 4) is 0 Å². The van der Waals surface area contributed by atoms with Crippen molar-refractivity contribution in [1.82, 2.24) is 10.2 Å². The maximum Gasteiger partial charge on any atom is 0.403 e. The van der Waals surface area contributed by atoms with Crippen LogP contribution in [0.3, 0.4) is 0 Å². The van der Waals surface area contributed by atoms with Gasteiger partial charge in [-0.1, -0.05) is 0 Å². The molecule has 0 aromatic carbocycles. The van der Waals surface area contributed by atoms with E-state index in [0.29, 0.717) is 0 Å². The van der Waals surface area contributed by atoms with Gasteiger partial charge >= 0.3 is 12.1 Å². The molecule has 0 aromatic rings. The number of halogens is 3. The van der Waals surface area contributed by atoms with E-state index in [-0.39, 0.29) is 18.5 Å². The van der Waals surface area contributed by atoms with Crippen molar-refractivity contribution in [3.63, 3.8) is 0 Å². The van der Waals surface area contributed by atoms with Gasteiger partial charge in [-0.3, -0.25) is 14.5 Å². The SMILES string of the molecule is CN(CC(=O)NC1CC1)CC(C(=O)O)C(F)(F)F. The topological polar surface area (TPSA) is 69.6 Å². The normalized spacial score (nSPS) is 17.6. The van der Waals surface area contributed by atoms with Crippen molar-refractivity contribution < 1.29 is 27.9 Å². The third-order valence-electron chi connectivity index (χ3n) is 2.54. The van der Waals surface area contributed by atoms with Crippen molar-refractivity contribution in [2.75, 3.05) is 20.1 Å². The second-order valence-corrected chi connectivity index (χ2v) is 4.47. The van der Waals surface area contributed by atoms with Crippen LogP contribution in [0.15, 0.2) is 0 Å². The minimum atomic E-state index is -4.81. The first-order valence-corrected chi connectivity index (χ1v) is 5.47. The van der Waals surface area contributed by atoms with Gasteiger partial charge in [0.05, 0.1) is 6.54 Å². The third kappa shape index (κ3) is 4.91. The van der Waals surface area contributed by atoms with E-state index < -0.39 is 24.6 Å². The Morgan fingerprint density at radius 1 is 1.44 bits per heavy atom. The monoisotopic (exact) mass is 268 g/mol. The number of amides is 1. The van der Waals surface area contributed by atoms with Crippen LogP contribution in [-0.4, -0.2) is 54.2 Å². The Kier molecular flexibility index (Phi) is 4.55. The van der Waals surface area contributed by atoms with Crippen molar-refractivity contribution in [1.29, 1.82) is 0 Å². The van der Waals surface area contributed by atoms with E-state index in [0.717, 1.165) is 17.7 Å². The van der Waals surface area contributed by atoms with Gasteiger partial charge in [-0.15, -0.1) is 0 Å². The summed E-state index contributed by atoms with van der Waals surface area (Å²) < 4.78 is 37.1. The molecule has 18 heavy (non-hydrogen) atoms. The lowest BCUT2D eigenvalue weighted by Crippen LogP contribution is -2.43. The number of hydrogen-bond acceptors (Lipinski definition) is 3. The predicted octanol–water partition coefficient (Wildman–Crippen LogP) is 0.460. The highest BCUT2D eigenvalue weighted by Gasteiger charge is 2.45. The molecule has 0 spiro atoms. The Hall–Kier alpha value is -1.31. The summed E-state index contributed by atoms with van der Waals surface area (Å²) in [5.74, 6) is -4.79. The van der Waals surface area contributed by atoms with Crippen LogP contribution in [0.25, 0.3) is 0 Å². The van der Waals surface area contributed by atoms with Gasteiger partial charge in [0, 0.05) is 12.6 Å². The molecule has 2 N–H and O–H groups in total. The van der Waals surface area contributed by atoms with E-state index in [9.17, 15) is 22.8 Å². The summed E-state index contributed by atoms with van der Waals surface area (Å²) >= 11 is 0. The fourth-order valence-electron chi connectivity index (χ4n) is 1.44. The van der Waals surface area contributed by atoms with E-state index in [1.807, 2.05) is 0 Å². The second-order valence-electron chi connectivity index (χ2n) is 4.47. The van der Waals surface area contributed by atoms with Gasteiger partial charge in [-0.2, -0.15) is 13.2 Å². The number of carboxylic acids is 1. The van der Waals surface area contributed by atoms with Gasteiger partial charge in [0.25, 0.3) is 0 Å². The first-order valence-electron chi connectivity index (χ1n) is 5.47. The fourth-order valence-corrected chi connectivity index (χ4v) is 1.44. The number of alkyl halides is 3. The Morgan fingerprint density at radius 3 is 2.39 bits per heavy atom. The van der Waals surface area contributed by atoms with Crippen LogP contribution in [-0.2, 0) is 9.59 Å². The lowest BCUT2D eigenvalue weighted by molar-refractivity contribution is -0.196. The van der Waals surface area contributed by atoms with Gasteiger partial charge in [0.15, 0.2) is 5.92 Å². The molecule has 0 aromatic heterocycles. The van der Waals surface area contributed by atoms with Crippen LogP contribution in [0.5, 0.6) is 0 Å². The van der Waals surface area contributed by atoms with Crippen LogP contribution in [0.2, 0.25) is 0 Å². The number of aliphatic carboxylic acids is 1. The zero-order valence-electron chi connectivity index (χ0n) is 9.83. The van der Waals surface area contributed by atoms with Gasteiger partial charge in [0.1, 0.15) is 0 Å². The highest BCUT2D eigenvalue weighted by Crippen LogP contribution is 2.27. The average Bonchev–Trinajstić information content (AvgIpc) is 2.95. The van der Waals surface area contributed by atoms with Crippen molar-refractivity contribution in [3.05, 3.63) is 0 Å². The van der Waals surface area contributed by atoms with Crippen LogP contribution in [0, 0.1) is 5.92 Å². The minimum Gasteiger partial charge on any atom is -0.481 e. The standard InChI is InChI=1S/C10H15F3N2O3/c1-15(5-8(16)14-6-2-3-6)4-7(9(17)18)10(11,12)13/h6-7H,2-5H2,1H3,(H,14,16)(H,17,18). The number of carbonyl (C=O) groups excluding carboxylic acids is 1. The maximum absolute atomic E-state index is 12.4. The fraction of sp³-hybridized carbons (Fsp3) is 0.800. The molecule has 1 saturated carbocycles. The summed E-state index contributed by atoms with van der Waals surface area (Å²) in [6.07, 6.45) is -3.04. The van der Waals surface area contributed by atoms with E-state index in [4.69, 9.17) is 5.11 Å². The molecule has 0 heterocycles. The molecule has 0 bridgehead atoms. The molecule has 0 radical (unpaired) electrons. The molecule has 0 saturated heterocycles. The number of nitrogens with zero attached hydrogens (tertiary/aromatic N) is 1. The number of carboxylic acid groups (broad SMARTS) is 1. The Bertz CT molecular complexity index is 329. The Labute approximate surface area is 102 Å². The first kappa shape index (κ1) is 14.7. The third-order valence-corrected chi connectivity index (χ3v) is 2.54. The molecule has 1 aliphatic rings. The molecule has 1 unspecified atom stereocenters. The molecule has 0 aliphatic heterocycles. The minimum absolute atomic E-state index is 0.129. The number of rotatable bonds is 6. The molecule has 1 amide bonds. The summed E-state index contributed by atoms with van der Waals surface area (Å²) in [4.78, 5) is 22.9. The zero-order valence-corrected chi connectivity index (χ0v) is 9.83. The molecule has 1 atom stereocenters. The van der Waals surface area contributed by atoms with Crippen LogP contribution < -0.4 is 5.32 Å². The van der Waals surface area contributed by atoms with Crippen molar-refractivity contribution in [2.24, 2.45) is 5.92 Å². The van der Waals surface area contributed by atoms with Gasteiger partial charge < -0.3 is 10.4 Å². The number of nitrogens with one attached hydrogen (secondary N) is 1. The van der Waals surface area contributed by atoms with Gasteiger partial charge in [-0.25, -0.2) is 0 Å². The number of carbonyl (C=O) groups is 2. The molecule has 1 rings (SSSR count). The first-order chi connectivity index (χ1) is 8.20. The maximum atomic E-state index is 12.4. The smallest absolute Gasteiger partial charge is 0.403 e. The number of hydrogen-bond donors (Lipinski definition) is 2. The van der Waals surface area contributed by atoms with E-state index in [2.05, 4.69) is 5.32 Å². The summed E-state index contributed by atoms with van der Waals surface area (Å²) in [5.41, 5.74) is 0. The molecule has 1 aliphatic carbocycles. The Morgan fingerprint density at radius 2 is 2.00 bits per heavy atom.